The van der Waals surface area contributed by atoms with Crippen LogP contribution in [0.1, 0.15) is 0 Å². The molecule has 1 saturated heterocycles. The maximum absolute atomic E-state index is 13.5. The summed E-state index contributed by atoms with van der Waals surface area (Å²) in [5, 5.41) is 18.5. The highest BCUT2D eigenvalue weighted by atomic mass is 35.5. The number of aliphatic hydroxyl groups excluding tert-OH is 2. The number of alkyl halides is 2. The SMILES string of the molecule is C=C1N=C(N)C(F)=CN1[C@@H]1O[C@@](CO)(CCl)[C@@H](O)[C@H]1Cl. The van der Waals surface area contributed by atoms with Gasteiger partial charge in [-0.05, 0) is 0 Å². The molecule has 0 saturated carbocycles. The molecular formula is C11H14Cl2FN3O3. The largest absolute Gasteiger partial charge is 0.393 e. The molecule has 0 radical (unpaired) electrons. The van der Waals surface area contributed by atoms with E-state index in [9.17, 15) is 14.6 Å². The fraction of sp³-hybridized carbons (Fsp3) is 0.545. The molecule has 112 valence electrons. The minimum atomic E-state index is -1.42. The van der Waals surface area contributed by atoms with Gasteiger partial charge in [0.15, 0.2) is 17.9 Å². The standard InChI is InChI=1S/C11H14Cl2FN3O3/c1-5-16-9(15)6(14)2-17(5)10-7(13)8(19)11(3-12,4-18)20-10/h2,7-8,10,18-19H,1,3-4H2,(H2,15,16)/t7-,8+,10-,11-/m1/s1. The molecule has 0 bridgehead atoms. The summed E-state index contributed by atoms with van der Waals surface area (Å²) >= 11 is 11.8. The van der Waals surface area contributed by atoms with Crippen molar-refractivity contribution in [3.05, 3.63) is 24.4 Å². The number of hydrogen-bond donors (Lipinski definition) is 3. The lowest BCUT2D eigenvalue weighted by atomic mass is 10.00. The van der Waals surface area contributed by atoms with Crippen LogP contribution in [-0.2, 0) is 4.74 Å². The molecule has 0 aromatic carbocycles. The van der Waals surface area contributed by atoms with E-state index in [1.807, 2.05) is 0 Å². The first-order valence-corrected chi connectivity index (χ1v) is 6.69. The van der Waals surface area contributed by atoms with E-state index in [0.717, 1.165) is 6.20 Å². The molecule has 2 rings (SSSR count). The first kappa shape index (κ1) is 15.5. The van der Waals surface area contributed by atoms with Gasteiger partial charge < -0.3 is 25.6 Å². The fourth-order valence-electron chi connectivity index (χ4n) is 2.05. The molecule has 4 atom stereocenters. The van der Waals surface area contributed by atoms with Crippen molar-refractivity contribution in [2.24, 2.45) is 10.7 Å². The summed E-state index contributed by atoms with van der Waals surface area (Å²) in [5.41, 5.74) is 3.91. The molecule has 0 spiro atoms. The lowest BCUT2D eigenvalue weighted by molar-refractivity contribution is -0.120. The van der Waals surface area contributed by atoms with Crippen molar-refractivity contribution in [2.75, 3.05) is 12.5 Å². The first-order chi connectivity index (χ1) is 9.36. The van der Waals surface area contributed by atoms with Gasteiger partial charge in [0.25, 0.3) is 0 Å². The lowest BCUT2D eigenvalue weighted by Gasteiger charge is -2.32. The zero-order chi connectivity index (χ0) is 15.1. The van der Waals surface area contributed by atoms with Crippen LogP contribution in [-0.4, -0.2) is 56.7 Å². The van der Waals surface area contributed by atoms with Crippen molar-refractivity contribution < 1.29 is 19.3 Å². The molecule has 20 heavy (non-hydrogen) atoms. The Kier molecular flexibility index (Phi) is 4.27. The molecule has 9 heteroatoms. The van der Waals surface area contributed by atoms with Crippen molar-refractivity contribution in [2.45, 2.75) is 23.3 Å². The molecule has 2 aliphatic rings. The molecule has 2 heterocycles. The van der Waals surface area contributed by atoms with Crippen molar-refractivity contribution >= 4 is 29.0 Å². The fourth-order valence-corrected chi connectivity index (χ4v) is 2.76. The van der Waals surface area contributed by atoms with E-state index >= 15 is 0 Å². The number of halogens is 3. The minimum absolute atomic E-state index is 0.107. The third kappa shape index (κ3) is 2.29. The Morgan fingerprint density at radius 2 is 2.30 bits per heavy atom. The van der Waals surface area contributed by atoms with Gasteiger partial charge in [0.05, 0.1) is 12.5 Å². The van der Waals surface area contributed by atoms with Crippen LogP contribution in [0.5, 0.6) is 0 Å². The highest BCUT2D eigenvalue weighted by Crippen LogP contribution is 2.39. The molecule has 2 aliphatic heterocycles. The number of hydrogen-bond acceptors (Lipinski definition) is 6. The van der Waals surface area contributed by atoms with E-state index in [0.29, 0.717) is 0 Å². The van der Waals surface area contributed by atoms with Gasteiger partial charge in [0.2, 0.25) is 0 Å². The zero-order valence-electron chi connectivity index (χ0n) is 10.3. The Morgan fingerprint density at radius 3 is 2.80 bits per heavy atom. The third-order valence-corrected chi connectivity index (χ3v) is 4.19. The van der Waals surface area contributed by atoms with Crippen LogP contribution in [0.25, 0.3) is 0 Å². The van der Waals surface area contributed by atoms with Crippen LogP contribution in [0.3, 0.4) is 0 Å². The summed E-state index contributed by atoms with van der Waals surface area (Å²) in [7, 11) is 0. The number of nitrogens with two attached hydrogens (primary N) is 1. The van der Waals surface area contributed by atoms with Crippen LogP contribution >= 0.6 is 23.2 Å². The molecule has 6 nitrogen and oxygen atoms in total. The summed E-state index contributed by atoms with van der Waals surface area (Å²) < 4.78 is 19.1. The molecule has 1 fully saturated rings. The molecule has 0 aromatic rings. The van der Waals surface area contributed by atoms with E-state index in [4.69, 9.17) is 33.7 Å². The Hall–Kier alpha value is -0.860. The van der Waals surface area contributed by atoms with Gasteiger partial charge >= 0.3 is 0 Å². The van der Waals surface area contributed by atoms with Crippen LogP contribution in [0, 0.1) is 0 Å². The van der Waals surface area contributed by atoms with Crippen molar-refractivity contribution in [1.82, 2.24) is 4.90 Å². The quantitative estimate of drug-likeness (QED) is 0.646. The van der Waals surface area contributed by atoms with Crippen LogP contribution < -0.4 is 5.73 Å². The number of aliphatic hydroxyl groups is 2. The van der Waals surface area contributed by atoms with Gasteiger partial charge in [-0.3, -0.25) is 0 Å². The van der Waals surface area contributed by atoms with Crippen molar-refractivity contribution in [1.29, 1.82) is 0 Å². The van der Waals surface area contributed by atoms with Gasteiger partial charge in [-0.15, -0.1) is 23.2 Å². The molecule has 0 aliphatic carbocycles. The molecule has 4 N–H and O–H groups in total. The lowest BCUT2D eigenvalue weighted by Crippen LogP contribution is -2.47. The van der Waals surface area contributed by atoms with E-state index in [1.54, 1.807) is 0 Å². The van der Waals surface area contributed by atoms with Gasteiger partial charge in [0.1, 0.15) is 22.9 Å². The van der Waals surface area contributed by atoms with Gasteiger partial charge in [0, 0.05) is 6.20 Å². The Labute approximate surface area is 124 Å². The summed E-state index contributed by atoms with van der Waals surface area (Å²) in [4.78, 5) is 4.92. The molecule has 0 amide bonds. The van der Waals surface area contributed by atoms with E-state index < -0.39 is 35.7 Å². The number of aliphatic imine (C=N–C) groups is 1. The predicted octanol–water partition coefficient (Wildman–Crippen LogP) is 0.236. The smallest absolute Gasteiger partial charge is 0.181 e. The average Bonchev–Trinajstić information content (AvgIpc) is 2.68. The van der Waals surface area contributed by atoms with Crippen molar-refractivity contribution in [3.63, 3.8) is 0 Å². The number of amidine groups is 1. The minimum Gasteiger partial charge on any atom is -0.393 e. The summed E-state index contributed by atoms with van der Waals surface area (Å²) in [5.74, 6) is -1.15. The van der Waals surface area contributed by atoms with Gasteiger partial charge in [-0.25, -0.2) is 9.38 Å². The Morgan fingerprint density at radius 1 is 1.65 bits per heavy atom. The first-order valence-electron chi connectivity index (χ1n) is 5.72. The number of rotatable bonds is 3. The molecule has 0 unspecified atom stereocenters. The van der Waals surface area contributed by atoms with Gasteiger partial charge in [-0.2, -0.15) is 0 Å². The van der Waals surface area contributed by atoms with E-state index in [1.165, 1.54) is 4.90 Å². The summed E-state index contributed by atoms with van der Waals surface area (Å²) in [6, 6.07) is 0. The maximum Gasteiger partial charge on any atom is 0.181 e. The Bertz CT molecular complexity index is 482. The van der Waals surface area contributed by atoms with E-state index in [-0.39, 0.29) is 17.5 Å². The highest BCUT2D eigenvalue weighted by molar-refractivity contribution is 6.22. The summed E-state index contributed by atoms with van der Waals surface area (Å²) in [6.07, 6.45) is -1.18. The monoisotopic (exact) mass is 325 g/mol. The van der Waals surface area contributed by atoms with Crippen molar-refractivity contribution in [3.8, 4) is 0 Å². The second-order valence-corrected chi connectivity index (χ2v) is 5.32. The topological polar surface area (TPSA) is 91.3 Å². The second-order valence-electron chi connectivity index (χ2n) is 4.55. The van der Waals surface area contributed by atoms with Crippen LogP contribution in [0.15, 0.2) is 29.4 Å². The highest BCUT2D eigenvalue weighted by Gasteiger charge is 2.55. The second kappa shape index (κ2) is 5.50. The predicted molar refractivity (Wildman–Crippen MR) is 72.9 cm³/mol. The third-order valence-electron chi connectivity index (χ3n) is 3.28. The summed E-state index contributed by atoms with van der Waals surface area (Å²) in [6.45, 7) is 3.08. The molecule has 0 aromatic heterocycles. The Balaban J connectivity index is 2.29. The average molecular weight is 326 g/mol. The number of nitrogens with zero attached hydrogens (tertiary/aromatic N) is 2. The van der Waals surface area contributed by atoms with E-state index in [2.05, 4.69) is 11.6 Å². The van der Waals surface area contributed by atoms with Crippen LogP contribution in [0.4, 0.5) is 4.39 Å². The maximum atomic E-state index is 13.5. The normalized spacial score (nSPS) is 38.0. The van der Waals surface area contributed by atoms with Gasteiger partial charge in [-0.1, -0.05) is 6.58 Å². The molecular weight excluding hydrogens is 312 g/mol. The van der Waals surface area contributed by atoms with Crippen LogP contribution in [0.2, 0.25) is 0 Å². The number of ether oxygens (including phenoxy) is 1. The zero-order valence-corrected chi connectivity index (χ0v) is 11.9.